The molecule has 0 amide bonds. The Morgan fingerprint density at radius 1 is 1.53 bits per heavy atom. The number of thiocarbonyl (C=S) groups is 1. The molecule has 0 saturated carbocycles. The number of carbonyl (C=O) groups is 1. The summed E-state index contributed by atoms with van der Waals surface area (Å²) < 4.78 is 30.1. The summed E-state index contributed by atoms with van der Waals surface area (Å²) in [4.78, 5) is 11.3. The zero-order chi connectivity index (χ0) is 14.5. The average molecular weight is 308 g/mol. The number of carbonyl (C=O) groups excluding carboxylic acids is 1. The summed E-state index contributed by atoms with van der Waals surface area (Å²) in [6.45, 7) is 0.857. The van der Waals surface area contributed by atoms with Gasteiger partial charge in [0.1, 0.15) is 0 Å². The molecule has 2 N–H and O–H groups in total. The van der Waals surface area contributed by atoms with E-state index in [-0.39, 0.29) is 24.5 Å². The number of nitrogens with two attached hydrogens (primary N) is 1. The monoisotopic (exact) mass is 308 g/mol. The molecule has 1 heterocycles. The Kier molecular flexibility index (Phi) is 6.15. The van der Waals surface area contributed by atoms with E-state index < -0.39 is 16.0 Å². The highest BCUT2D eigenvalue weighted by Crippen LogP contribution is 2.20. The Labute approximate surface area is 119 Å². The van der Waals surface area contributed by atoms with Crippen molar-refractivity contribution in [3.05, 3.63) is 0 Å². The van der Waals surface area contributed by atoms with Crippen molar-refractivity contribution >= 4 is 33.2 Å². The Bertz CT molecular complexity index is 436. The number of sulfonamides is 1. The molecule has 1 aliphatic rings. The quantitative estimate of drug-likeness (QED) is 0.559. The van der Waals surface area contributed by atoms with Crippen molar-refractivity contribution in [1.82, 2.24) is 4.31 Å². The molecule has 1 atom stereocenters. The molecule has 6 nitrogen and oxygen atoms in total. The maximum Gasteiger partial charge on any atom is 0.305 e. The van der Waals surface area contributed by atoms with Crippen LogP contribution in [0, 0.1) is 5.92 Å². The fourth-order valence-corrected chi connectivity index (χ4v) is 3.83. The van der Waals surface area contributed by atoms with Gasteiger partial charge in [0.2, 0.25) is 10.0 Å². The van der Waals surface area contributed by atoms with Gasteiger partial charge >= 0.3 is 5.97 Å². The molecule has 0 aromatic carbocycles. The van der Waals surface area contributed by atoms with Gasteiger partial charge < -0.3 is 10.5 Å². The van der Waals surface area contributed by atoms with Gasteiger partial charge in [-0.2, -0.15) is 0 Å². The predicted octanol–water partition coefficient (Wildman–Crippen LogP) is 0.268. The molecule has 8 heteroatoms. The summed E-state index contributed by atoms with van der Waals surface area (Å²) in [6.07, 6.45) is 1.98. The lowest BCUT2D eigenvalue weighted by molar-refractivity contribution is -0.140. The van der Waals surface area contributed by atoms with Gasteiger partial charge in [-0.05, 0) is 19.3 Å². The van der Waals surface area contributed by atoms with Crippen LogP contribution in [-0.2, 0) is 19.6 Å². The number of hydrogen-bond acceptors (Lipinski definition) is 5. The van der Waals surface area contributed by atoms with Crippen LogP contribution in [0.4, 0.5) is 0 Å². The molecule has 1 unspecified atom stereocenters. The normalized spacial score (nSPS) is 21.0. The lowest BCUT2D eigenvalue weighted by Gasteiger charge is -2.31. The Balaban J connectivity index is 2.52. The van der Waals surface area contributed by atoms with Gasteiger partial charge in [0.25, 0.3) is 0 Å². The SMILES string of the molecule is COC(=O)CCCS(=O)(=O)N1CCCC(C(N)=S)C1. The maximum absolute atomic E-state index is 12.1. The highest BCUT2D eigenvalue weighted by atomic mass is 32.2. The minimum absolute atomic E-state index is 0.0425. The first-order chi connectivity index (χ1) is 8.86. The Morgan fingerprint density at radius 3 is 2.79 bits per heavy atom. The first-order valence-corrected chi connectivity index (χ1v) is 8.22. The molecule has 1 saturated heterocycles. The molecule has 0 radical (unpaired) electrons. The van der Waals surface area contributed by atoms with Gasteiger partial charge in [-0.15, -0.1) is 0 Å². The van der Waals surface area contributed by atoms with E-state index in [1.54, 1.807) is 0 Å². The van der Waals surface area contributed by atoms with Crippen LogP contribution in [-0.4, -0.2) is 49.6 Å². The second kappa shape index (κ2) is 7.16. The van der Waals surface area contributed by atoms with Gasteiger partial charge in [0, 0.05) is 25.4 Å². The number of nitrogens with zero attached hydrogens (tertiary/aromatic N) is 1. The van der Waals surface area contributed by atoms with E-state index in [2.05, 4.69) is 4.74 Å². The minimum atomic E-state index is -3.34. The van der Waals surface area contributed by atoms with Gasteiger partial charge in [0.05, 0.1) is 17.9 Å². The molecule has 0 aliphatic carbocycles. The van der Waals surface area contributed by atoms with Crippen LogP contribution in [0.25, 0.3) is 0 Å². The van der Waals surface area contributed by atoms with Crippen LogP contribution in [0.1, 0.15) is 25.7 Å². The van der Waals surface area contributed by atoms with E-state index in [0.717, 1.165) is 12.8 Å². The standard InChI is InChI=1S/C11H20N2O4S2/c1-17-10(14)5-3-7-19(15,16)13-6-2-4-9(8-13)11(12)18/h9H,2-8H2,1H3,(H2,12,18). The lowest BCUT2D eigenvalue weighted by atomic mass is 10.0. The highest BCUT2D eigenvalue weighted by Gasteiger charge is 2.29. The van der Waals surface area contributed by atoms with Crippen molar-refractivity contribution in [2.75, 3.05) is 26.0 Å². The van der Waals surface area contributed by atoms with E-state index in [9.17, 15) is 13.2 Å². The summed E-state index contributed by atoms with van der Waals surface area (Å²) in [5.74, 6) is -0.486. The molecule has 0 spiro atoms. The first-order valence-electron chi connectivity index (χ1n) is 6.21. The minimum Gasteiger partial charge on any atom is -0.469 e. The molecular weight excluding hydrogens is 288 g/mol. The second-order valence-corrected chi connectivity index (χ2v) is 7.16. The van der Waals surface area contributed by atoms with Crippen molar-refractivity contribution in [1.29, 1.82) is 0 Å². The molecule has 1 rings (SSSR count). The van der Waals surface area contributed by atoms with Gasteiger partial charge in [-0.1, -0.05) is 12.2 Å². The summed E-state index contributed by atoms with van der Waals surface area (Å²) in [7, 11) is -2.06. The number of rotatable bonds is 6. The molecule has 1 aliphatic heterocycles. The molecule has 1 fully saturated rings. The van der Waals surface area contributed by atoms with E-state index in [1.165, 1.54) is 11.4 Å². The first kappa shape index (κ1) is 16.3. The summed E-state index contributed by atoms with van der Waals surface area (Å²) in [6, 6.07) is 0. The number of piperidine rings is 1. The van der Waals surface area contributed by atoms with Gasteiger partial charge in [-0.25, -0.2) is 12.7 Å². The molecule has 19 heavy (non-hydrogen) atoms. The van der Waals surface area contributed by atoms with Crippen molar-refractivity contribution < 1.29 is 17.9 Å². The van der Waals surface area contributed by atoms with E-state index in [4.69, 9.17) is 18.0 Å². The predicted molar refractivity (Wildman–Crippen MR) is 76.1 cm³/mol. The van der Waals surface area contributed by atoms with E-state index >= 15 is 0 Å². The number of esters is 1. The van der Waals surface area contributed by atoms with Crippen LogP contribution >= 0.6 is 12.2 Å². The zero-order valence-corrected chi connectivity index (χ0v) is 12.6. The smallest absolute Gasteiger partial charge is 0.305 e. The van der Waals surface area contributed by atoms with Crippen LogP contribution in [0.5, 0.6) is 0 Å². The third-order valence-electron chi connectivity index (χ3n) is 3.19. The fourth-order valence-electron chi connectivity index (χ4n) is 2.06. The lowest BCUT2D eigenvalue weighted by Crippen LogP contribution is -2.44. The van der Waals surface area contributed by atoms with Crippen LogP contribution < -0.4 is 5.73 Å². The number of ether oxygens (including phenoxy) is 1. The molecule has 110 valence electrons. The fraction of sp³-hybridized carbons (Fsp3) is 0.818. The molecule has 0 aromatic rings. The van der Waals surface area contributed by atoms with Gasteiger partial charge in [0.15, 0.2) is 0 Å². The van der Waals surface area contributed by atoms with Crippen molar-refractivity contribution in [2.24, 2.45) is 11.7 Å². The van der Waals surface area contributed by atoms with E-state index in [0.29, 0.717) is 18.1 Å². The summed E-state index contributed by atoms with van der Waals surface area (Å²) in [5.41, 5.74) is 5.58. The maximum atomic E-state index is 12.1. The van der Waals surface area contributed by atoms with E-state index in [1.807, 2.05) is 0 Å². The Hall–Kier alpha value is -0.730. The van der Waals surface area contributed by atoms with Gasteiger partial charge in [-0.3, -0.25) is 4.79 Å². The van der Waals surface area contributed by atoms with Crippen molar-refractivity contribution in [3.63, 3.8) is 0 Å². The molecule has 0 bridgehead atoms. The largest absolute Gasteiger partial charge is 0.469 e. The van der Waals surface area contributed by atoms with Crippen molar-refractivity contribution in [2.45, 2.75) is 25.7 Å². The van der Waals surface area contributed by atoms with Crippen LogP contribution in [0.2, 0.25) is 0 Å². The van der Waals surface area contributed by atoms with Crippen LogP contribution in [0.15, 0.2) is 0 Å². The second-order valence-electron chi connectivity index (χ2n) is 4.60. The topological polar surface area (TPSA) is 89.7 Å². The third-order valence-corrected chi connectivity index (χ3v) is 5.45. The number of methoxy groups -OCH3 is 1. The average Bonchev–Trinajstić information content (AvgIpc) is 2.38. The number of hydrogen-bond donors (Lipinski definition) is 1. The third kappa shape index (κ3) is 5.04. The molecule has 0 aromatic heterocycles. The summed E-state index contributed by atoms with van der Waals surface area (Å²) in [5, 5.41) is 0. The Morgan fingerprint density at radius 2 is 2.21 bits per heavy atom. The highest BCUT2D eigenvalue weighted by molar-refractivity contribution is 7.89. The van der Waals surface area contributed by atoms with Crippen molar-refractivity contribution in [3.8, 4) is 0 Å². The summed E-state index contributed by atoms with van der Waals surface area (Å²) >= 11 is 4.92. The van der Waals surface area contributed by atoms with Crippen LogP contribution in [0.3, 0.4) is 0 Å². The zero-order valence-electron chi connectivity index (χ0n) is 11.0. The molecular formula is C11H20N2O4S2.